The van der Waals surface area contributed by atoms with Gasteiger partial charge in [-0.1, -0.05) is 41.7 Å². The van der Waals surface area contributed by atoms with Crippen molar-refractivity contribution in [3.8, 4) is 0 Å². The predicted octanol–water partition coefficient (Wildman–Crippen LogP) is 4.62. The van der Waals surface area contributed by atoms with E-state index in [1.165, 1.54) is 6.42 Å². The highest BCUT2D eigenvalue weighted by molar-refractivity contribution is 6.44. The zero-order valence-corrected chi connectivity index (χ0v) is 13.3. The Labute approximate surface area is 130 Å². The minimum atomic E-state index is 0.509. The third-order valence-electron chi connectivity index (χ3n) is 3.51. The standard InChI is InChI=1S/C14H19Cl3N2/c1-2-5-18-10-3-6-19(7-4-10)14-9-12(16)11(15)8-13(14)17/h8-10,18H,2-7H2,1H3. The van der Waals surface area contributed by atoms with Crippen molar-refractivity contribution in [1.29, 1.82) is 0 Å². The largest absolute Gasteiger partial charge is 0.370 e. The smallest absolute Gasteiger partial charge is 0.0655 e. The van der Waals surface area contributed by atoms with Gasteiger partial charge < -0.3 is 10.2 Å². The number of nitrogens with one attached hydrogen (secondary N) is 1. The van der Waals surface area contributed by atoms with Crippen LogP contribution in [0.15, 0.2) is 12.1 Å². The molecule has 0 radical (unpaired) electrons. The molecule has 2 rings (SSSR count). The van der Waals surface area contributed by atoms with Crippen LogP contribution in [0.4, 0.5) is 5.69 Å². The van der Waals surface area contributed by atoms with Gasteiger partial charge >= 0.3 is 0 Å². The molecule has 1 aliphatic rings. The topological polar surface area (TPSA) is 15.3 Å². The van der Waals surface area contributed by atoms with E-state index in [1.54, 1.807) is 6.07 Å². The molecule has 5 heteroatoms. The summed E-state index contributed by atoms with van der Waals surface area (Å²) in [6.07, 6.45) is 3.45. The number of hydrogen-bond donors (Lipinski definition) is 1. The summed E-state index contributed by atoms with van der Waals surface area (Å²) in [5, 5.41) is 5.32. The van der Waals surface area contributed by atoms with E-state index in [4.69, 9.17) is 34.8 Å². The van der Waals surface area contributed by atoms with Crippen LogP contribution in [0.2, 0.25) is 15.1 Å². The molecule has 0 saturated carbocycles. The first-order valence-corrected chi connectivity index (χ1v) is 7.88. The van der Waals surface area contributed by atoms with E-state index in [1.807, 2.05) is 6.07 Å². The summed E-state index contributed by atoms with van der Waals surface area (Å²) >= 11 is 18.3. The molecule has 1 heterocycles. The van der Waals surface area contributed by atoms with E-state index < -0.39 is 0 Å². The van der Waals surface area contributed by atoms with Gasteiger partial charge in [-0.05, 0) is 37.9 Å². The zero-order valence-electron chi connectivity index (χ0n) is 11.1. The van der Waals surface area contributed by atoms with Crippen molar-refractivity contribution in [2.45, 2.75) is 32.2 Å². The minimum Gasteiger partial charge on any atom is -0.370 e. The van der Waals surface area contributed by atoms with E-state index in [0.29, 0.717) is 21.1 Å². The monoisotopic (exact) mass is 320 g/mol. The molecule has 0 aromatic heterocycles. The van der Waals surface area contributed by atoms with Gasteiger partial charge in [-0.15, -0.1) is 0 Å². The van der Waals surface area contributed by atoms with E-state index in [2.05, 4.69) is 17.1 Å². The van der Waals surface area contributed by atoms with Crippen LogP contribution in [0.5, 0.6) is 0 Å². The van der Waals surface area contributed by atoms with Gasteiger partial charge in [0.25, 0.3) is 0 Å². The van der Waals surface area contributed by atoms with E-state index in [9.17, 15) is 0 Å². The Morgan fingerprint density at radius 2 is 1.74 bits per heavy atom. The van der Waals surface area contributed by atoms with Crippen molar-refractivity contribution >= 4 is 40.5 Å². The molecule has 0 amide bonds. The highest BCUT2D eigenvalue weighted by Crippen LogP contribution is 2.35. The molecule has 0 bridgehead atoms. The molecular weight excluding hydrogens is 303 g/mol. The quantitative estimate of drug-likeness (QED) is 0.814. The molecule has 1 N–H and O–H groups in total. The van der Waals surface area contributed by atoms with Gasteiger partial charge in [-0.3, -0.25) is 0 Å². The van der Waals surface area contributed by atoms with E-state index >= 15 is 0 Å². The average Bonchev–Trinajstić information content (AvgIpc) is 2.41. The Morgan fingerprint density at radius 1 is 1.11 bits per heavy atom. The summed E-state index contributed by atoms with van der Waals surface area (Å²) in [7, 11) is 0. The normalized spacial score (nSPS) is 16.9. The van der Waals surface area contributed by atoms with Crippen LogP contribution in [-0.4, -0.2) is 25.7 Å². The predicted molar refractivity (Wildman–Crippen MR) is 85.0 cm³/mol. The zero-order chi connectivity index (χ0) is 13.8. The Hall–Kier alpha value is -0.150. The van der Waals surface area contributed by atoms with Crippen LogP contribution in [-0.2, 0) is 0 Å². The Morgan fingerprint density at radius 3 is 2.37 bits per heavy atom. The number of anilines is 1. The van der Waals surface area contributed by atoms with E-state index in [-0.39, 0.29) is 0 Å². The lowest BCUT2D eigenvalue weighted by Gasteiger charge is -2.34. The second kappa shape index (κ2) is 7.03. The number of hydrogen-bond acceptors (Lipinski definition) is 2. The van der Waals surface area contributed by atoms with Crippen LogP contribution < -0.4 is 10.2 Å². The van der Waals surface area contributed by atoms with Crippen LogP contribution in [0, 0.1) is 0 Å². The fraction of sp³-hybridized carbons (Fsp3) is 0.571. The molecule has 1 saturated heterocycles. The fourth-order valence-corrected chi connectivity index (χ4v) is 3.09. The van der Waals surface area contributed by atoms with Gasteiger partial charge in [0.1, 0.15) is 0 Å². The van der Waals surface area contributed by atoms with Gasteiger partial charge in [0.2, 0.25) is 0 Å². The molecule has 0 atom stereocenters. The lowest BCUT2D eigenvalue weighted by atomic mass is 10.0. The highest BCUT2D eigenvalue weighted by Gasteiger charge is 2.21. The molecule has 1 aromatic carbocycles. The van der Waals surface area contributed by atoms with Crippen molar-refractivity contribution in [3.05, 3.63) is 27.2 Å². The maximum Gasteiger partial charge on any atom is 0.0655 e. The molecule has 0 spiro atoms. The van der Waals surface area contributed by atoms with E-state index in [0.717, 1.165) is 38.2 Å². The van der Waals surface area contributed by atoms with Gasteiger partial charge in [-0.25, -0.2) is 0 Å². The molecule has 19 heavy (non-hydrogen) atoms. The molecule has 1 fully saturated rings. The van der Waals surface area contributed by atoms with Crippen molar-refractivity contribution in [3.63, 3.8) is 0 Å². The summed E-state index contributed by atoms with van der Waals surface area (Å²) < 4.78 is 0. The maximum absolute atomic E-state index is 6.25. The lowest BCUT2D eigenvalue weighted by molar-refractivity contribution is 0.416. The minimum absolute atomic E-state index is 0.509. The Bertz CT molecular complexity index is 429. The van der Waals surface area contributed by atoms with Gasteiger partial charge in [0, 0.05) is 19.1 Å². The first-order valence-electron chi connectivity index (χ1n) is 6.74. The summed E-state index contributed by atoms with van der Waals surface area (Å²) in [5.74, 6) is 0. The van der Waals surface area contributed by atoms with Crippen LogP contribution >= 0.6 is 34.8 Å². The SMILES string of the molecule is CCCNC1CCN(c2cc(Cl)c(Cl)cc2Cl)CC1. The Kier molecular flexibility index (Phi) is 5.64. The van der Waals surface area contributed by atoms with Crippen molar-refractivity contribution < 1.29 is 0 Å². The van der Waals surface area contributed by atoms with Crippen LogP contribution in [0.1, 0.15) is 26.2 Å². The molecule has 2 nitrogen and oxygen atoms in total. The molecule has 0 aliphatic carbocycles. The van der Waals surface area contributed by atoms with Gasteiger partial charge in [-0.2, -0.15) is 0 Å². The number of nitrogens with zero attached hydrogens (tertiary/aromatic N) is 1. The maximum atomic E-state index is 6.25. The van der Waals surface area contributed by atoms with Crippen molar-refractivity contribution in [1.82, 2.24) is 5.32 Å². The molecule has 1 aromatic rings. The van der Waals surface area contributed by atoms with Crippen LogP contribution in [0.3, 0.4) is 0 Å². The highest BCUT2D eigenvalue weighted by atomic mass is 35.5. The van der Waals surface area contributed by atoms with Gasteiger partial charge in [0.15, 0.2) is 0 Å². The van der Waals surface area contributed by atoms with Crippen molar-refractivity contribution in [2.24, 2.45) is 0 Å². The summed E-state index contributed by atoms with van der Waals surface area (Å²) in [5.41, 5.74) is 0.991. The average molecular weight is 322 g/mol. The number of piperidine rings is 1. The first kappa shape index (κ1) is 15.2. The molecular formula is C14H19Cl3N2. The third kappa shape index (κ3) is 3.91. The summed E-state index contributed by atoms with van der Waals surface area (Å²) in [6.45, 7) is 5.29. The molecule has 106 valence electrons. The lowest BCUT2D eigenvalue weighted by Crippen LogP contribution is -2.42. The van der Waals surface area contributed by atoms with Crippen molar-refractivity contribution in [2.75, 3.05) is 24.5 Å². The van der Waals surface area contributed by atoms with Crippen LogP contribution in [0.25, 0.3) is 0 Å². The number of rotatable bonds is 4. The summed E-state index contributed by atoms with van der Waals surface area (Å²) in [6, 6.07) is 4.21. The number of halogens is 3. The third-order valence-corrected chi connectivity index (χ3v) is 4.53. The number of benzene rings is 1. The summed E-state index contributed by atoms with van der Waals surface area (Å²) in [4.78, 5) is 2.29. The molecule has 0 unspecified atom stereocenters. The second-order valence-electron chi connectivity index (χ2n) is 4.93. The van der Waals surface area contributed by atoms with Gasteiger partial charge in [0.05, 0.1) is 20.8 Å². The molecule has 1 aliphatic heterocycles. The first-order chi connectivity index (χ1) is 9.11. The fourth-order valence-electron chi connectivity index (χ4n) is 2.43. The Balaban J connectivity index is 1.99. The second-order valence-corrected chi connectivity index (χ2v) is 6.15.